The van der Waals surface area contributed by atoms with Gasteiger partial charge in [-0.1, -0.05) is 59.3 Å². The van der Waals surface area contributed by atoms with Crippen molar-refractivity contribution in [1.82, 2.24) is 15.0 Å². The smallest absolute Gasteiger partial charge is 0.246 e. The first kappa shape index (κ1) is 22.7. The van der Waals surface area contributed by atoms with Crippen LogP contribution >= 0.6 is 0 Å². The Hall–Kier alpha value is -4.52. The topological polar surface area (TPSA) is 86.1 Å². The molecule has 0 radical (unpaired) electrons. The van der Waals surface area contributed by atoms with Gasteiger partial charge in [-0.2, -0.15) is 0 Å². The molecule has 0 aliphatic heterocycles. The third kappa shape index (κ3) is 6.49. The second kappa shape index (κ2) is 10.9. The largest absolute Gasteiger partial charge is 0.487 e. The SMILES string of the molecule is Cc1ccc(NC(=O)Cn2cc(COc3ccc(C(=O)/C=C/c4ccccc4)cc3)nn2)cc1. The third-order valence-electron chi connectivity index (χ3n) is 4.98. The van der Waals surface area contributed by atoms with Gasteiger partial charge in [0.2, 0.25) is 5.91 Å². The molecule has 1 heterocycles. The maximum Gasteiger partial charge on any atom is 0.246 e. The number of rotatable bonds is 9. The van der Waals surface area contributed by atoms with Gasteiger partial charge >= 0.3 is 0 Å². The van der Waals surface area contributed by atoms with E-state index < -0.39 is 0 Å². The predicted octanol–water partition coefficient (Wildman–Crippen LogP) is 4.70. The van der Waals surface area contributed by atoms with Crippen LogP contribution in [0.1, 0.15) is 27.2 Å². The van der Waals surface area contributed by atoms with Crippen molar-refractivity contribution in [2.24, 2.45) is 0 Å². The van der Waals surface area contributed by atoms with Crippen LogP contribution in [0.3, 0.4) is 0 Å². The highest BCUT2D eigenvalue weighted by Gasteiger charge is 2.08. The van der Waals surface area contributed by atoms with Crippen LogP contribution < -0.4 is 10.1 Å². The van der Waals surface area contributed by atoms with Gasteiger partial charge in [0.1, 0.15) is 24.6 Å². The minimum Gasteiger partial charge on any atom is -0.487 e. The normalized spacial score (nSPS) is 10.9. The van der Waals surface area contributed by atoms with E-state index in [1.807, 2.05) is 61.5 Å². The highest BCUT2D eigenvalue weighted by Crippen LogP contribution is 2.15. The summed E-state index contributed by atoms with van der Waals surface area (Å²) in [5.74, 6) is 0.334. The Morgan fingerprint density at radius 2 is 1.71 bits per heavy atom. The summed E-state index contributed by atoms with van der Waals surface area (Å²) in [5.41, 5.74) is 3.99. The molecule has 0 spiro atoms. The maximum absolute atomic E-state index is 12.3. The van der Waals surface area contributed by atoms with Crippen LogP contribution in [0.4, 0.5) is 5.69 Å². The van der Waals surface area contributed by atoms with Gasteiger partial charge in [-0.3, -0.25) is 9.59 Å². The molecule has 1 amide bonds. The molecule has 170 valence electrons. The zero-order valence-electron chi connectivity index (χ0n) is 18.7. The summed E-state index contributed by atoms with van der Waals surface area (Å²) in [6, 6.07) is 24.2. The molecule has 3 aromatic carbocycles. The van der Waals surface area contributed by atoms with Crippen LogP contribution in [0.2, 0.25) is 0 Å². The van der Waals surface area contributed by atoms with Crippen LogP contribution in [-0.4, -0.2) is 26.7 Å². The zero-order chi connectivity index (χ0) is 23.8. The summed E-state index contributed by atoms with van der Waals surface area (Å²) < 4.78 is 7.20. The molecule has 7 heteroatoms. The first-order valence-corrected chi connectivity index (χ1v) is 10.8. The van der Waals surface area contributed by atoms with Gasteiger partial charge in [0.25, 0.3) is 0 Å². The number of carbonyl (C=O) groups excluding carboxylic acids is 2. The van der Waals surface area contributed by atoms with Crippen LogP contribution in [0.15, 0.2) is 91.1 Å². The lowest BCUT2D eigenvalue weighted by Gasteiger charge is -2.05. The fraction of sp³-hybridized carbons (Fsp3) is 0.111. The van der Waals surface area contributed by atoms with Crippen molar-refractivity contribution in [2.75, 3.05) is 5.32 Å². The van der Waals surface area contributed by atoms with Gasteiger partial charge < -0.3 is 10.1 Å². The Bertz CT molecular complexity index is 1280. The summed E-state index contributed by atoms with van der Waals surface area (Å²) >= 11 is 0. The minimum absolute atomic E-state index is 0.0498. The molecule has 7 nitrogen and oxygen atoms in total. The third-order valence-corrected chi connectivity index (χ3v) is 4.98. The average Bonchev–Trinajstić information content (AvgIpc) is 3.30. The quantitative estimate of drug-likeness (QED) is 0.294. The summed E-state index contributed by atoms with van der Waals surface area (Å²) in [6.07, 6.45) is 5.01. The minimum atomic E-state index is -0.192. The first-order valence-electron chi connectivity index (χ1n) is 10.8. The fourth-order valence-electron chi connectivity index (χ4n) is 3.17. The monoisotopic (exact) mass is 452 g/mol. The number of allylic oxidation sites excluding steroid dienone is 1. The maximum atomic E-state index is 12.3. The number of carbonyl (C=O) groups is 2. The van der Waals surface area contributed by atoms with Gasteiger partial charge in [-0.05, 0) is 55.0 Å². The summed E-state index contributed by atoms with van der Waals surface area (Å²) in [7, 11) is 0. The molecule has 1 N–H and O–H groups in total. The number of ketones is 1. The lowest BCUT2D eigenvalue weighted by Crippen LogP contribution is -2.19. The molecule has 0 saturated carbocycles. The van der Waals surface area contributed by atoms with Crippen molar-refractivity contribution < 1.29 is 14.3 Å². The van der Waals surface area contributed by atoms with Crippen molar-refractivity contribution in [1.29, 1.82) is 0 Å². The van der Waals surface area contributed by atoms with E-state index in [1.165, 1.54) is 4.68 Å². The van der Waals surface area contributed by atoms with Gasteiger partial charge in [0, 0.05) is 11.3 Å². The van der Waals surface area contributed by atoms with E-state index in [4.69, 9.17) is 4.74 Å². The number of hydrogen-bond acceptors (Lipinski definition) is 5. The van der Waals surface area contributed by atoms with Crippen molar-refractivity contribution in [3.63, 3.8) is 0 Å². The fourth-order valence-corrected chi connectivity index (χ4v) is 3.17. The van der Waals surface area contributed by atoms with E-state index in [2.05, 4.69) is 15.6 Å². The zero-order valence-corrected chi connectivity index (χ0v) is 18.7. The van der Waals surface area contributed by atoms with Crippen molar-refractivity contribution >= 4 is 23.5 Å². The highest BCUT2D eigenvalue weighted by molar-refractivity contribution is 6.06. The second-order valence-corrected chi connectivity index (χ2v) is 7.74. The number of aromatic nitrogens is 3. The molecule has 1 aromatic heterocycles. The average molecular weight is 453 g/mol. The molecule has 0 saturated heterocycles. The Morgan fingerprint density at radius 3 is 2.44 bits per heavy atom. The molecule has 0 aliphatic rings. The van der Waals surface area contributed by atoms with Crippen LogP contribution in [0.5, 0.6) is 5.75 Å². The number of nitrogens with one attached hydrogen (secondary N) is 1. The first-order chi connectivity index (χ1) is 16.5. The number of nitrogens with zero attached hydrogens (tertiary/aromatic N) is 3. The molecule has 34 heavy (non-hydrogen) atoms. The van der Waals surface area contributed by atoms with E-state index in [1.54, 1.807) is 42.6 Å². The Balaban J connectivity index is 1.26. The lowest BCUT2D eigenvalue weighted by atomic mass is 10.1. The number of hydrogen-bond donors (Lipinski definition) is 1. The van der Waals surface area contributed by atoms with E-state index in [-0.39, 0.29) is 24.8 Å². The van der Waals surface area contributed by atoms with E-state index in [0.717, 1.165) is 16.8 Å². The van der Waals surface area contributed by atoms with Crippen LogP contribution in [0, 0.1) is 6.92 Å². The summed E-state index contributed by atoms with van der Waals surface area (Å²) in [6.45, 7) is 2.23. The highest BCUT2D eigenvalue weighted by atomic mass is 16.5. The molecular formula is C27H24N4O3. The molecule has 0 fully saturated rings. The predicted molar refractivity (Wildman–Crippen MR) is 130 cm³/mol. The number of benzene rings is 3. The van der Waals surface area contributed by atoms with Crippen molar-refractivity contribution in [3.05, 3.63) is 114 Å². The standard InChI is InChI=1S/C27H24N4O3/c1-20-7-12-23(13-8-20)28-27(33)18-31-17-24(29-30-31)19-34-25-14-10-22(11-15-25)26(32)16-9-21-5-3-2-4-6-21/h2-17H,18-19H2,1H3,(H,28,33)/b16-9+. The molecule has 4 rings (SSSR count). The van der Waals surface area contributed by atoms with E-state index >= 15 is 0 Å². The lowest BCUT2D eigenvalue weighted by molar-refractivity contribution is -0.116. The Labute approximate surface area is 197 Å². The molecule has 0 aliphatic carbocycles. The number of anilines is 1. The number of amides is 1. The second-order valence-electron chi connectivity index (χ2n) is 7.74. The van der Waals surface area contributed by atoms with Gasteiger partial charge in [-0.15, -0.1) is 5.10 Å². The van der Waals surface area contributed by atoms with Crippen molar-refractivity contribution in [3.8, 4) is 5.75 Å². The Kier molecular flexibility index (Phi) is 7.25. The summed E-state index contributed by atoms with van der Waals surface area (Å²) in [5, 5.41) is 10.9. The van der Waals surface area contributed by atoms with E-state index in [9.17, 15) is 9.59 Å². The molecular weight excluding hydrogens is 428 g/mol. The van der Waals surface area contributed by atoms with Crippen molar-refractivity contribution in [2.45, 2.75) is 20.1 Å². The molecule has 0 unspecified atom stereocenters. The van der Waals surface area contributed by atoms with Gasteiger partial charge in [0.05, 0.1) is 6.20 Å². The number of ether oxygens (including phenoxy) is 1. The van der Waals surface area contributed by atoms with Crippen LogP contribution in [-0.2, 0) is 17.9 Å². The summed E-state index contributed by atoms with van der Waals surface area (Å²) in [4.78, 5) is 24.6. The van der Waals surface area contributed by atoms with E-state index in [0.29, 0.717) is 17.0 Å². The molecule has 0 bridgehead atoms. The van der Waals surface area contributed by atoms with Gasteiger partial charge in [0.15, 0.2) is 5.78 Å². The van der Waals surface area contributed by atoms with Gasteiger partial charge in [-0.25, -0.2) is 4.68 Å². The molecule has 4 aromatic rings. The molecule has 0 atom stereocenters. The Morgan fingerprint density at radius 1 is 0.971 bits per heavy atom. The van der Waals surface area contributed by atoms with Crippen LogP contribution in [0.25, 0.3) is 6.08 Å². The number of aryl methyl sites for hydroxylation is 1.